The number of aliphatic hydroxyl groups excluding tert-OH is 2. The fraction of sp³-hybridized carbons (Fsp3) is 0.273. The molecule has 0 aliphatic heterocycles. The molecule has 2 aromatic carbocycles. The van der Waals surface area contributed by atoms with Crippen LogP contribution >= 0.6 is 0 Å². The van der Waals surface area contributed by atoms with E-state index in [0.29, 0.717) is 34.5 Å². The Labute approximate surface area is 166 Å². The second-order valence-corrected chi connectivity index (χ2v) is 7.72. The Balaban J connectivity index is 1.55. The van der Waals surface area contributed by atoms with Crippen LogP contribution in [0, 0.1) is 11.7 Å². The minimum absolute atomic E-state index is 0.000272. The van der Waals surface area contributed by atoms with Gasteiger partial charge in [-0.3, -0.25) is 0 Å². The first-order chi connectivity index (χ1) is 14.0. The summed E-state index contributed by atoms with van der Waals surface area (Å²) in [6.45, 7) is 1.91. The van der Waals surface area contributed by atoms with Gasteiger partial charge in [-0.1, -0.05) is 37.3 Å². The molecule has 2 heterocycles. The zero-order chi connectivity index (χ0) is 20.1. The summed E-state index contributed by atoms with van der Waals surface area (Å²) in [5.41, 5.74) is 1.46. The predicted octanol–water partition coefficient (Wildman–Crippen LogP) is 3.23. The Morgan fingerprint density at radius 3 is 2.72 bits per heavy atom. The Morgan fingerprint density at radius 1 is 1.10 bits per heavy atom. The summed E-state index contributed by atoms with van der Waals surface area (Å²) < 4.78 is 16.7. The number of halogens is 1. The number of hydrogen-bond donors (Lipinski definition) is 3. The lowest BCUT2D eigenvalue weighted by Crippen LogP contribution is -2.35. The first kappa shape index (κ1) is 18.0. The molecule has 7 heteroatoms. The van der Waals surface area contributed by atoms with Crippen molar-refractivity contribution in [2.24, 2.45) is 5.92 Å². The third-order valence-electron chi connectivity index (χ3n) is 5.80. The van der Waals surface area contributed by atoms with Crippen molar-refractivity contribution >= 4 is 22.2 Å². The molecule has 0 unspecified atom stereocenters. The summed E-state index contributed by atoms with van der Waals surface area (Å²) in [6, 6.07) is 14.1. The smallest absolute Gasteiger partial charge is 0.157 e. The Bertz CT molecular complexity index is 1210. The van der Waals surface area contributed by atoms with Crippen LogP contribution in [0.4, 0.5) is 10.2 Å². The molecule has 148 valence electrons. The van der Waals surface area contributed by atoms with Crippen LogP contribution in [-0.2, 0) is 0 Å². The maximum atomic E-state index is 15.1. The van der Waals surface area contributed by atoms with Crippen molar-refractivity contribution in [1.82, 2.24) is 14.6 Å². The van der Waals surface area contributed by atoms with Gasteiger partial charge in [0.15, 0.2) is 5.65 Å². The summed E-state index contributed by atoms with van der Waals surface area (Å²) >= 11 is 0. The van der Waals surface area contributed by atoms with Gasteiger partial charge < -0.3 is 15.5 Å². The molecular weight excluding hydrogens is 371 g/mol. The van der Waals surface area contributed by atoms with E-state index in [1.54, 1.807) is 35.0 Å². The van der Waals surface area contributed by atoms with Gasteiger partial charge in [0.25, 0.3) is 0 Å². The largest absolute Gasteiger partial charge is 0.390 e. The summed E-state index contributed by atoms with van der Waals surface area (Å²) in [5, 5.41) is 29.5. The van der Waals surface area contributed by atoms with Crippen LogP contribution in [0.25, 0.3) is 27.7 Å². The molecule has 1 aliphatic carbocycles. The number of hydrogen-bond acceptors (Lipinski definition) is 5. The normalized spacial score (nSPS) is 24.4. The van der Waals surface area contributed by atoms with Crippen molar-refractivity contribution < 1.29 is 14.6 Å². The first-order valence-corrected chi connectivity index (χ1v) is 9.68. The molecule has 4 aromatic rings. The SMILES string of the molecule is C[C@@H]1C[C@@H](Nc2ccnc3cc(-c4ccc5ccccc5c4F)nn23)[C@H](O)[C@@H]1O. The quantitative estimate of drug-likeness (QED) is 0.499. The van der Waals surface area contributed by atoms with Crippen molar-refractivity contribution in [3.05, 3.63) is 60.5 Å². The van der Waals surface area contributed by atoms with Gasteiger partial charge in [0.2, 0.25) is 0 Å². The topological polar surface area (TPSA) is 82.7 Å². The molecule has 0 saturated heterocycles. The van der Waals surface area contributed by atoms with Crippen molar-refractivity contribution in [2.45, 2.75) is 31.6 Å². The van der Waals surface area contributed by atoms with Crippen molar-refractivity contribution in [2.75, 3.05) is 5.32 Å². The van der Waals surface area contributed by atoms with Crippen LogP contribution in [0.5, 0.6) is 0 Å². The summed E-state index contributed by atoms with van der Waals surface area (Å²) in [7, 11) is 0. The van der Waals surface area contributed by atoms with E-state index in [1.807, 2.05) is 31.2 Å². The average Bonchev–Trinajstić information content (AvgIpc) is 3.26. The predicted molar refractivity (Wildman–Crippen MR) is 109 cm³/mol. The fourth-order valence-electron chi connectivity index (χ4n) is 4.16. The first-order valence-electron chi connectivity index (χ1n) is 9.68. The highest BCUT2D eigenvalue weighted by Crippen LogP contribution is 2.31. The molecule has 5 rings (SSSR count). The molecule has 0 radical (unpaired) electrons. The molecular formula is C22H21FN4O2. The number of nitrogens with one attached hydrogen (secondary N) is 1. The standard InChI is InChI=1S/C22H21FN4O2/c1-12-10-17(22(29)21(12)28)25-18-8-9-24-19-11-16(26-27(18)19)15-7-6-13-4-2-3-5-14(13)20(15)23/h2-9,11-12,17,21-22,25,28-29H,10H2,1H3/t12-,17-,21-,22+/m1/s1. The average molecular weight is 392 g/mol. The van der Waals surface area contributed by atoms with E-state index in [2.05, 4.69) is 15.4 Å². The molecule has 1 fully saturated rings. The van der Waals surface area contributed by atoms with E-state index >= 15 is 4.39 Å². The van der Waals surface area contributed by atoms with Crippen LogP contribution in [0.2, 0.25) is 0 Å². The van der Waals surface area contributed by atoms with Crippen LogP contribution in [0.1, 0.15) is 13.3 Å². The number of anilines is 1. The zero-order valence-corrected chi connectivity index (χ0v) is 15.8. The van der Waals surface area contributed by atoms with Gasteiger partial charge in [-0.25, -0.2) is 9.37 Å². The highest BCUT2D eigenvalue weighted by atomic mass is 19.1. The van der Waals surface area contributed by atoms with E-state index in [0.717, 1.165) is 5.39 Å². The Kier molecular flexibility index (Phi) is 4.22. The minimum atomic E-state index is -0.860. The highest BCUT2D eigenvalue weighted by Gasteiger charge is 2.39. The van der Waals surface area contributed by atoms with Crippen molar-refractivity contribution in [1.29, 1.82) is 0 Å². The number of benzene rings is 2. The lowest BCUT2D eigenvalue weighted by molar-refractivity contribution is 0.0210. The van der Waals surface area contributed by atoms with Crippen LogP contribution in [-0.4, -0.2) is 43.1 Å². The monoisotopic (exact) mass is 392 g/mol. The van der Waals surface area contributed by atoms with Crippen molar-refractivity contribution in [3.8, 4) is 11.3 Å². The molecule has 0 spiro atoms. The Morgan fingerprint density at radius 2 is 1.93 bits per heavy atom. The lowest BCUT2D eigenvalue weighted by atomic mass is 10.0. The molecule has 4 atom stereocenters. The Hall–Kier alpha value is -3.03. The molecule has 2 aromatic heterocycles. The van der Waals surface area contributed by atoms with E-state index in [1.165, 1.54) is 0 Å². The van der Waals surface area contributed by atoms with Gasteiger partial charge >= 0.3 is 0 Å². The van der Waals surface area contributed by atoms with Gasteiger partial charge in [0, 0.05) is 23.2 Å². The van der Waals surface area contributed by atoms with Gasteiger partial charge in [0.1, 0.15) is 17.7 Å². The summed E-state index contributed by atoms with van der Waals surface area (Å²) in [5.74, 6) is 0.316. The van der Waals surface area contributed by atoms with Gasteiger partial charge in [-0.15, -0.1) is 0 Å². The summed E-state index contributed by atoms with van der Waals surface area (Å²) in [6.07, 6.45) is 0.659. The van der Waals surface area contributed by atoms with Crippen LogP contribution in [0.15, 0.2) is 54.7 Å². The number of aliphatic hydroxyl groups is 2. The second-order valence-electron chi connectivity index (χ2n) is 7.72. The molecule has 0 amide bonds. The van der Waals surface area contributed by atoms with E-state index in [-0.39, 0.29) is 17.8 Å². The van der Waals surface area contributed by atoms with Gasteiger partial charge in [-0.2, -0.15) is 9.61 Å². The maximum Gasteiger partial charge on any atom is 0.157 e. The third kappa shape index (κ3) is 2.94. The molecule has 1 aliphatic rings. The van der Waals surface area contributed by atoms with Gasteiger partial charge in [-0.05, 0) is 29.9 Å². The van der Waals surface area contributed by atoms with Crippen LogP contribution < -0.4 is 5.32 Å². The molecule has 0 bridgehead atoms. The number of nitrogens with zero attached hydrogens (tertiary/aromatic N) is 3. The summed E-state index contributed by atoms with van der Waals surface area (Å²) in [4.78, 5) is 4.33. The van der Waals surface area contributed by atoms with E-state index in [4.69, 9.17) is 0 Å². The third-order valence-corrected chi connectivity index (χ3v) is 5.80. The minimum Gasteiger partial charge on any atom is -0.390 e. The zero-order valence-electron chi connectivity index (χ0n) is 15.8. The van der Waals surface area contributed by atoms with Crippen LogP contribution in [0.3, 0.4) is 0 Å². The molecule has 3 N–H and O–H groups in total. The van der Waals surface area contributed by atoms with Gasteiger partial charge in [0.05, 0.1) is 17.8 Å². The highest BCUT2D eigenvalue weighted by molar-refractivity contribution is 5.88. The molecule has 29 heavy (non-hydrogen) atoms. The fourth-order valence-corrected chi connectivity index (χ4v) is 4.16. The molecule has 1 saturated carbocycles. The number of rotatable bonds is 3. The van der Waals surface area contributed by atoms with E-state index in [9.17, 15) is 10.2 Å². The number of fused-ring (bicyclic) bond motifs is 2. The van der Waals surface area contributed by atoms with Crippen molar-refractivity contribution in [3.63, 3.8) is 0 Å². The number of aromatic nitrogens is 3. The van der Waals surface area contributed by atoms with E-state index < -0.39 is 12.2 Å². The lowest BCUT2D eigenvalue weighted by Gasteiger charge is -2.19. The molecule has 6 nitrogen and oxygen atoms in total. The maximum absolute atomic E-state index is 15.1. The second kappa shape index (κ2) is 6.79.